The molecule has 1 aromatic heterocycles. The first-order chi connectivity index (χ1) is 9.40. The Kier molecular flexibility index (Phi) is 2.50. The van der Waals surface area contributed by atoms with Gasteiger partial charge < -0.3 is 11.5 Å². The Labute approximate surface area is 113 Å². The van der Waals surface area contributed by atoms with Gasteiger partial charge in [-0.3, -0.25) is 4.99 Å². The lowest BCUT2D eigenvalue weighted by molar-refractivity contribution is 0.352. The Bertz CT molecular complexity index is 723. The van der Waals surface area contributed by atoms with E-state index in [4.69, 9.17) is 11.5 Å². The molecule has 0 fully saturated rings. The number of rotatable bonds is 1. The zero-order valence-corrected chi connectivity index (χ0v) is 10.6. The fourth-order valence-electron chi connectivity index (χ4n) is 2.37. The zero-order valence-electron chi connectivity index (χ0n) is 10.6. The summed E-state index contributed by atoms with van der Waals surface area (Å²) in [6, 6.07) is 2.29. The summed E-state index contributed by atoms with van der Waals surface area (Å²) in [5.74, 6) is -1.83. The summed E-state index contributed by atoms with van der Waals surface area (Å²) < 4.78 is 29.1. The van der Waals surface area contributed by atoms with Crippen LogP contribution in [0, 0.1) is 11.6 Å². The molecular formula is C12H12F2N6. The minimum absolute atomic E-state index is 0.0408. The van der Waals surface area contributed by atoms with Crippen LogP contribution in [0.5, 0.6) is 0 Å². The van der Waals surface area contributed by atoms with Gasteiger partial charge in [-0.05, 0) is 19.1 Å². The maximum atomic E-state index is 14.1. The van der Waals surface area contributed by atoms with Gasteiger partial charge in [0.1, 0.15) is 17.1 Å². The van der Waals surface area contributed by atoms with Gasteiger partial charge in [0.2, 0.25) is 0 Å². The molecule has 1 aliphatic rings. The van der Waals surface area contributed by atoms with Crippen molar-refractivity contribution in [2.45, 2.75) is 19.0 Å². The molecule has 104 valence electrons. The lowest BCUT2D eigenvalue weighted by Gasteiger charge is -2.30. The zero-order chi connectivity index (χ0) is 14.5. The van der Waals surface area contributed by atoms with Crippen LogP contribution in [-0.4, -0.2) is 20.8 Å². The van der Waals surface area contributed by atoms with Gasteiger partial charge in [0, 0.05) is 11.3 Å². The van der Waals surface area contributed by atoms with E-state index in [1.165, 1.54) is 16.9 Å². The molecule has 0 saturated heterocycles. The summed E-state index contributed by atoms with van der Waals surface area (Å²) in [5.41, 5.74) is 11.0. The van der Waals surface area contributed by atoms with Crippen molar-refractivity contribution in [1.29, 1.82) is 0 Å². The number of fused-ring (bicyclic) bond motifs is 1. The van der Waals surface area contributed by atoms with E-state index in [-0.39, 0.29) is 23.6 Å². The Balaban J connectivity index is 2.18. The monoisotopic (exact) mass is 278 g/mol. The molecule has 1 aliphatic heterocycles. The third kappa shape index (κ3) is 1.72. The molecule has 20 heavy (non-hydrogen) atoms. The molecule has 8 heteroatoms. The lowest BCUT2D eigenvalue weighted by Crippen LogP contribution is -2.38. The number of benzene rings is 1. The minimum atomic E-state index is -1.09. The Morgan fingerprint density at radius 2 is 2.05 bits per heavy atom. The van der Waals surface area contributed by atoms with Gasteiger partial charge in [-0.1, -0.05) is 5.21 Å². The third-order valence-corrected chi connectivity index (χ3v) is 3.34. The topological polar surface area (TPSA) is 95.1 Å². The molecule has 1 atom stereocenters. The van der Waals surface area contributed by atoms with Crippen molar-refractivity contribution in [2.24, 2.45) is 10.7 Å². The number of hydrogen-bond donors (Lipinski definition) is 2. The van der Waals surface area contributed by atoms with Crippen LogP contribution in [0.4, 0.5) is 14.5 Å². The maximum absolute atomic E-state index is 14.1. The Morgan fingerprint density at radius 1 is 1.30 bits per heavy atom. The summed E-state index contributed by atoms with van der Waals surface area (Å²) in [7, 11) is 0. The fraction of sp³-hybridized carbons (Fsp3) is 0.250. The van der Waals surface area contributed by atoms with Crippen LogP contribution in [0.3, 0.4) is 0 Å². The molecule has 1 aromatic carbocycles. The van der Waals surface area contributed by atoms with Crippen LogP contribution in [0.2, 0.25) is 0 Å². The molecule has 2 aromatic rings. The van der Waals surface area contributed by atoms with E-state index < -0.39 is 17.2 Å². The van der Waals surface area contributed by atoms with Crippen LogP contribution in [0.15, 0.2) is 23.3 Å². The number of anilines is 1. The SMILES string of the molecule is C[C@@]1(c2cc(N)cc(F)c2F)Cn2nncc2C(N)=N1. The van der Waals surface area contributed by atoms with E-state index >= 15 is 0 Å². The number of aliphatic imine (C=N–C) groups is 1. The van der Waals surface area contributed by atoms with Gasteiger partial charge >= 0.3 is 0 Å². The Morgan fingerprint density at radius 3 is 2.80 bits per heavy atom. The average Bonchev–Trinajstić information content (AvgIpc) is 2.81. The number of amidine groups is 1. The van der Waals surface area contributed by atoms with Crippen molar-refractivity contribution in [1.82, 2.24) is 15.0 Å². The smallest absolute Gasteiger partial charge is 0.164 e. The van der Waals surface area contributed by atoms with E-state index in [2.05, 4.69) is 15.3 Å². The molecule has 2 heterocycles. The molecular weight excluding hydrogens is 266 g/mol. The quantitative estimate of drug-likeness (QED) is 0.753. The maximum Gasteiger partial charge on any atom is 0.164 e. The van der Waals surface area contributed by atoms with Crippen molar-refractivity contribution in [2.75, 3.05) is 5.73 Å². The lowest BCUT2D eigenvalue weighted by atomic mass is 9.90. The molecule has 0 saturated carbocycles. The summed E-state index contributed by atoms with van der Waals surface area (Å²) in [4.78, 5) is 4.27. The first-order valence-electron chi connectivity index (χ1n) is 5.90. The van der Waals surface area contributed by atoms with Gasteiger partial charge in [-0.15, -0.1) is 5.10 Å². The second-order valence-electron chi connectivity index (χ2n) is 4.91. The van der Waals surface area contributed by atoms with Gasteiger partial charge in [-0.2, -0.15) is 0 Å². The first-order valence-corrected chi connectivity index (χ1v) is 5.90. The highest BCUT2D eigenvalue weighted by Crippen LogP contribution is 2.34. The molecule has 0 aliphatic carbocycles. The summed E-state index contributed by atoms with van der Waals surface area (Å²) in [6.07, 6.45) is 1.47. The average molecular weight is 278 g/mol. The van der Waals surface area contributed by atoms with E-state index in [0.717, 1.165) is 6.07 Å². The second kappa shape index (κ2) is 3.99. The number of nitrogen functional groups attached to an aromatic ring is 1. The summed E-state index contributed by atoms with van der Waals surface area (Å²) in [6.45, 7) is 1.84. The van der Waals surface area contributed by atoms with Crippen LogP contribution in [0.25, 0.3) is 0 Å². The molecule has 6 nitrogen and oxygen atoms in total. The first kappa shape index (κ1) is 12.5. The molecule has 0 bridgehead atoms. The number of aromatic nitrogens is 3. The standard InChI is InChI=1S/C12H12F2N6/c1-12(7-2-6(15)3-8(13)10(7)14)5-20-9(4-17-19-20)11(16)18-12/h2-4H,5,15H2,1H3,(H2,16,18)/t12-/m0/s1. The van der Waals surface area contributed by atoms with Crippen molar-refractivity contribution in [3.63, 3.8) is 0 Å². The predicted molar refractivity (Wildman–Crippen MR) is 68.9 cm³/mol. The van der Waals surface area contributed by atoms with Crippen LogP contribution in [0.1, 0.15) is 18.2 Å². The minimum Gasteiger partial charge on any atom is -0.399 e. The number of nitrogens with two attached hydrogens (primary N) is 2. The number of hydrogen-bond acceptors (Lipinski definition) is 5. The number of halogens is 2. The van der Waals surface area contributed by atoms with Gasteiger partial charge in [0.05, 0.1) is 12.7 Å². The highest BCUT2D eigenvalue weighted by Gasteiger charge is 2.36. The molecule has 0 amide bonds. The summed E-state index contributed by atoms with van der Waals surface area (Å²) >= 11 is 0. The molecule has 0 spiro atoms. The molecule has 3 rings (SSSR count). The highest BCUT2D eigenvalue weighted by molar-refractivity contribution is 5.96. The second-order valence-corrected chi connectivity index (χ2v) is 4.91. The van der Waals surface area contributed by atoms with Crippen molar-refractivity contribution in [3.8, 4) is 0 Å². The fourth-order valence-corrected chi connectivity index (χ4v) is 2.37. The van der Waals surface area contributed by atoms with E-state index in [1.54, 1.807) is 6.92 Å². The van der Waals surface area contributed by atoms with Crippen molar-refractivity contribution >= 4 is 11.5 Å². The Hall–Kier alpha value is -2.51. The van der Waals surface area contributed by atoms with Gasteiger partial charge in [0.25, 0.3) is 0 Å². The molecule has 0 unspecified atom stereocenters. The highest BCUT2D eigenvalue weighted by atomic mass is 19.2. The van der Waals surface area contributed by atoms with E-state index in [0.29, 0.717) is 5.69 Å². The van der Waals surface area contributed by atoms with E-state index in [1.807, 2.05) is 0 Å². The normalized spacial score (nSPS) is 21.4. The van der Waals surface area contributed by atoms with Crippen molar-refractivity contribution < 1.29 is 8.78 Å². The number of nitrogens with zero attached hydrogens (tertiary/aromatic N) is 4. The van der Waals surface area contributed by atoms with Gasteiger partial charge in [-0.25, -0.2) is 13.5 Å². The largest absolute Gasteiger partial charge is 0.399 e. The molecule has 4 N–H and O–H groups in total. The van der Waals surface area contributed by atoms with Crippen LogP contribution in [-0.2, 0) is 12.1 Å². The predicted octanol–water partition coefficient (Wildman–Crippen LogP) is 0.773. The van der Waals surface area contributed by atoms with Crippen molar-refractivity contribution in [3.05, 3.63) is 41.2 Å². The molecule has 0 radical (unpaired) electrons. The van der Waals surface area contributed by atoms with Crippen LogP contribution >= 0.6 is 0 Å². The van der Waals surface area contributed by atoms with Gasteiger partial charge in [0.15, 0.2) is 11.6 Å². The third-order valence-electron chi connectivity index (χ3n) is 3.34. The van der Waals surface area contributed by atoms with Crippen LogP contribution < -0.4 is 11.5 Å². The van der Waals surface area contributed by atoms with E-state index in [9.17, 15) is 8.78 Å². The summed E-state index contributed by atoms with van der Waals surface area (Å²) in [5, 5.41) is 7.59.